The second-order valence-corrected chi connectivity index (χ2v) is 5.76. The lowest BCUT2D eigenvalue weighted by Gasteiger charge is -2.28. The number of sulfonamides is 1. The van der Waals surface area contributed by atoms with Crippen molar-refractivity contribution in [2.24, 2.45) is 5.73 Å². The van der Waals surface area contributed by atoms with Crippen molar-refractivity contribution in [1.82, 2.24) is 9.62 Å². The minimum atomic E-state index is -3.90. The van der Waals surface area contributed by atoms with Gasteiger partial charge in [0.05, 0.1) is 17.9 Å². The van der Waals surface area contributed by atoms with Gasteiger partial charge in [-0.25, -0.2) is 17.5 Å². The largest absolute Gasteiger partial charge is 0.369 e. The van der Waals surface area contributed by atoms with Crippen LogP contribution in [0.15, 0.2) is 10.6 Å². The Kier molecular flexibility index (Phi) is 3.99. The molecule has 0 radical (unpaired) electrons. The number of rotatable bonds is 4. The summed E-state index contributed by atoms with van der Waals surface area (Å²) >= 11 is 5.42. The van der Waals surface area contributed by atoms with Crippen molar-refractivity contribution in [1.29, 1.82) is 0 Å². The number of allylic oxidation sites excluding steroid dienone is 1. The van der Waals surface area contributed by atoms with Gasteiger partial charge >= 0.3 is 6.03 Å². The molecule has 1 heterocycles. The first kappa shape index (κ1) is 13.8. The number of primary amides is 1. The fourth-order valence-electron chi connectivity index (χ4n) is 1.35. The monoisotopic (exact) mass is 281 g/mol. The van der Waals surface area contributed by atoms with E-state index in [1.54, 1.807) is 0 Å². The van der Waals surface area contributed by atoms with E-state index in [0.717, 1.165) is 0 Å². The lowest BCUT2D eigenvalue weighted by atomic mass is 10.3. The van der Waals surface area contributed by atoms with Crippen molar-refractivity contribution in [3.05, 3.63) is 10.6 Å². The van der Waals surface area contributed by atoms with Crippen LogP contribution in [0.25, 0.3) is 0 Å². The van der Waals surface area contributed by atoms with Crippen LogP contribution in [0.5, 0.6) is 0 Å². The zero-order chi connectivity index (χ0) is 13.2. The third kappa shape index (κ3) is 2.70. The Balaban J connectivity index is 3.18. The van der Waals surface area contributed by atoms with E-state index in [1.165, 1.54) is 6.92 Å². The molecule has 0 bridgehead atoms. The topological polar surface area (TPSA) is 110 Å². The number of nitrogens with two attached hydrogens (primary N) is 1. The van der Waals surface area contributed by atoms with E-state index in [9.17, 15) is 18.0 Å². The van der Waals surface area contributed by atoms with Crippen LogP contribution >= 0.6 is 11.6 Å². The molecule has 1 aliphatic heterocycles. The molecule has 0 aliphatic carbocycles. The molecule has 1 rings (SSSR count). The first-order valence-corrected chi connectivity index (χ1v) is 6.66. The van der Waals surface area contributed by atoms with Gasteiger partial charge in [0.15, 0.2) is 0 Å². The van der Waals surface area contributed by atoms with Crippen LogP contribution in [-0.4, -0.2) is 37.1 Å². The van der Waals surface area contributed by atoms with Gasteiger partial charge in [0.1, 0.15) is 0 Å². The van der Waals surface area contributed by atoms with Crippen LogP contribution in [-0.2, 0) is 14.8 Å². The highest BCUT2D eigenvalue weighted by molar-refractivity contribution is 7.93. The summed E-state index contributed by atoms with van der Waals surface area (Å²) in [5.74, 6) is -0.730. The van der Waals surface area contributed by atoms with Gasteiger partial charge in [-0.1, -0.05) is 0 Å². The number of carbonyl (C=O) groups is 2. The second-order valence-electron chi connectivity index (χ2n) is 3.37. The number of nitrogens with zero attached hydrogens (tertiary/aromatic N) is 1. The van der Waals surface area contributed by atoms with Gasteiger partial charge in [-0.2, -0.15) is 0 Å². The van der Waals surface area contributed by atoms with E-state index < -0.39 is 22.0 Å². The summed E-state index contributed by atoms with van der Waals surface area (Å²) in [6, 6.07) is -0.826. The number of nitrogens with one attached hydrogen (secondary N) is 1. The van der Waals surface area contributed by atoms with E-state index in [4.69, 9.17) is 17.3 Å². The molecule has 0 spiro atoms. The maximum atomic E-state index is 11.9. The molecule has 3 amide bonds. The molecule has 0 aromatic heterocycles. The molecule has 0 aromatic carbocycles. The average Bonchev–Trinajstić information content (AvgIpc) is 2.20. The standard InChI is InChI=1S/C8H12ClN3O4S/c1-5-6(4-7(10)13)11-8(14)12(3-2-9)17(5,15)16/h2-4H2,1H3,(H2,10,13)(H,11,14). The molecule has 7 nitrogen and oxygen atoms in total. The number of urea groups is 1. The highest BCUT2D eigenvalue weighted by Gasteiger charge is 2.36. The summed E-state index contributed by atoms with van der Waals surface area (Å²) in [5.41, 5.74) is 4.97. The normalized spacial score (nSPS) is 19.2. The average molecular weight is 282 g/mol. The Hall–Kier alpha value is -1.28. The summed E-state index contributed by atoms with van der Waals surface area (Å²) in [4.78, 5) is 22.2. The Morgan fingerprint density at radius 1 is 1.53 bits per heavy atom. The fraction of sp³-hybridized carbons (Fsp3) is 0.500. The van der Waals surface area contributed by atoms with Crippen LogP contribution in [0.3, 0.4) is 0 Å². The summed E-state index contributed by atoms with van der Waals surface area (Å²) in [5, 5.41) is 2.32. The fourth-order valence-corrected chi connectivity index (χ4v) is 2.98. The van der Waals surface area contributed by atoms with E-state index >= 15 is 0 Å². The second kappa shape index (κ2) is 4.92. The minimum Gasteiger partial charge on any atom is -0.369 e. The molecule has 3 N–H and O–H groups in total. The first-order chi connectivity index (χ1) is 7.80. The summed E-state index contributed by atoms with van der Waals surface area (Å²) in [7, 11) is -3.90. The molecule has 0 unspecified atom stereocenters. The lowest BCUT2D eigenvalue weighted by molar-refractivity contribution is -0.117. The van der Waals surface area contributed by atoms with Crippen LogP contribution in [0, 0.1) is 0 Å². The van der Waals surface area contributed by atoms with Crippen molar-refractivity contribution in [2.45, 2.75) is 13.3 Å². The molecule has 17 heavy (non-hydrogen) atoms. The van der Waals surface area contributed by atoms with Gasteiger partial charge in [0.2, 0.25) is 5.91 Å². The van der Waals surface area contributed by atoms with Gasteiger partial charge < -0.3 is 11.1 Å². The van der Waals surface area contributed by atoms with Crippen LogP contribution < -0.4 is 11.1 Å². The number of hydrogen-bond acceptors (Lipinski definition) is 4. The maximum Gasteiger partial charge on any atom is 0.335 e. The lowest BCUT2D eigenvalue weighted by Crippen LogP contribution is -2.49. The molecule has 9 heteroatoms. The highest BCUT2D eigenvalue weighted by atomic mass is 35.5. The van der Waals surface area contributed by atoms with Crippen molar-refractivity contribution < 1.29 is 18.0 Å². The van der Waals surface area contributed by atoms with Gasteiger partial charge in [0.25, 0.3) is 10.0 Å². The Morgan fingerprint density at radius 3 is 2.59 bits per heavy atom. The number of amides is 3. The van der Waals surface area contributed by atoms with Crippen molar-refractivity contribution in [3.63, 3.8) is 0 Å². The van der Waals surface area contributed by atoms with E-state index in [1.807, 2.05) is 0 Å². The number of halogens is 1. The molecular formula is C8H12ClN3O4S. The maximum absolute atomic E-state index is 11.9. The van der Waals surface area contributed by atoms with Crippen LogP contribution in [0.2, 0.25) is 0 Å². The van der Waals surface area contributed by atoms with E-state index in [-0.39, 0.29) is 29.4 Å². The van der Waals surface area contributed by atoms with Crippen molar-refractivity contribution >= 4 is 33.6 Å². The molecule has 1 aliphatic rings. The highest BCUT2D eigenvalue weighted by Crippen LogP contribution is 2.22. The first-order valence-electron chi connectivity index (χ1n) is 4.68. The third-order valence-electron chi connectivity index (χ3n) is 2.22. The van der Waals surface area contributed by atoms with Gasteiger partial charge in [-0.15, -0.1) is 11.6 Å². The molecule has 0 aromatic rings. The molecule has 96 valence electrons. The summed E-state index contributed by atoms with van der Waals surface area (Å²) in [6.45, 7) is 1.17. The molecular weight excluding hydrogens is 270 g/mol. The minimum absolute atomic E-state index is 0.00771. The van der Waals surface area contributed by atoms with Crippen molar-refractivity contribution in [3.8, 4) is 0 Å². The van der Waals surface area contributed by atoms with Gasteiger partial charge in [0, 0.05) is 11.6 Å². The number of carbonyl (C=O) groups excluding carboxylic acids is 2. The summed E-state index contributed by atoms with van der Waals surface area (Å²) < 4.78 is 24.4. The zero-order valence-corrected chi connectivity index (χ0v) is 10.6. The smallest absolute Gasteiger partial charge is 0.335 e. The molecule has 0 saturated heterocycles. The Labute approximate surface area is 104 Å². The SMILES string of the molecule is CC1=C(CC(N)=O)NC(=O)N(CCCl)S1(=O)=O. The van der Waals surface area contributed by atoms with Crippen LogP contribution in [0.1, 0.15) is 13.3 Å². The Bertz CT molecular complexity index is 485. The molecule has 0 atom stereocenters. The number of hydrogen-bond donors (Lipinski definition) is 2. The number of alkyl halides is 1. The predicted octanol–water partition coefficient (Wildman–Crippen LogP) is -0.313. The molecule has 0 fully saturated rings. The third-order valence-corrected chi connectivity index (χ3v) is 4.34. The summed E-state index contributed by atoms with van der Waals surface area (Å²) in [6.07, 6.45) is -0.328. The zero-order valence-electron chi connectivity index (χ0n) is 9.07. The van der Waals surface area contributed by atoms with Crippen LogP contribution in [0.4, 0.5) is 4.79 Å². The predicted molar refractivity (Wildman–Crippen MR) is 61.4 cm³/mol. The molecule has 0 saturated carbocycles. The van der Waals surface area contributed by atoms with Gasteiger partial charge in [-0.3, -0.25) is 4.79 Å². The van der Waals surface area contributed by atoms with E-state index in [0.29, 0.717) is 4.31 Å². The Morgan fingerprint density at radius 2 is 2.12 bits per heavy atom. The van der Waals surface area contributed by atoms with Crippen molar-refractivity contribution in [2.75, 3.05) is 12.4 Å². The quantitative estimate of drug-likeness (QED) is 0.689. The van der Waals surface area contributed by atoms with E-state index in [2.05, 4.69) is 5.32 Å². The van der Waals surface area contributed by atoms with Gasteiger partial charge in [-0.05, 0) is 6.92 Å².